The number of carbonyl (C=O) groups excluding carboxylic acids is 1. The van der Waals surface area contributed by atoms with Crippen LogP contribution in [0, 0.1) is 0 Å². The summed E-state index contributed by atoms with van der Waals surface area (Å²) in [5.41, 5.74) is 6.21. The average molecular weight is 236 g/mol. The maximum Gasteiger partial charge on any atom is 0.268 e. The number of thiocarbonyl (C=S) groups is 1. The molecule has 5 heteroatoms. The Bertz CT molecular complexity index is 447. The zero-order chi connectivity index (χ0) is 11.7. The van der Waals surface area contributed by atoms with Crippen molar-refractivity contribution in [2.45, 2.75) is 13.0 Å². The summed E-state index contributed by atoms with van der Waals surface area (Å²) in [5, 5.41) is 0. The van der Waals surface area contributed by atoms with Crippen LogP contribution in [0.5, 0.6) is 5.75 Å². The molecule has 2 N–H and O–H groups in total. The molecule has 0 aliphatic carbocycles. The Labute approximate surface area is 99.0 Å². The minimum atomic E-state index is -0.496. The van der Waals surface area contributed by atoms with Crippen LogP contribution in [0.2, 0.25) is 0 Å². The first kappa shape index (κ1) is 10.9. The van der Waals surface area contributed by atoms with E-state index in [1.54, 1.807) is 11.8 Å². The molecule has 0 saturated carbocycles. The Balaban J connectivity index is 2.41. The number of fused-ring (bicyclic) bond motifs is 1. The standard InChI is InChI=1S/C11H12N2O2S/c1-7-11(14)13(6-10(12)16)8-4-2-3-5-9(8)15-7/h2-5,7H,6H2,1H3,(H2,12,16). The van der Waals surface area contributed by atoms with Crippen molar-refractivity contribution < 1.29 is 9.53 Å². The van der Waals surface area contributed by atoms with Crippen molar-refractivity contribution in [3.8, 4) is 5.75 Å². The van der Waals surface area contributed by atoms with Crippen LogP contribution in [0.15, 0.2) is 24.3 Å². The lowest BCUT2D eigenvalue weighted by Crippen LogP contribution is -2.47. The van der Waals surface area contributed by atoms with Gasteiger partial charge in [0.1, 0.15) is 5.75 Å². The van der Waals surface area contributed by atoms with Gasteiger partial charge in [0.25, 0.3) is 5.91 Å². The van der Waals surface area contributed by atoms with Gasteiger partial charge in [0.2, 0.25) is 0 Å². The van der Waals surface area contributed by atoms with Crippen molar-refractivity contribution in [3.05, 3.63) is 24.3 Å². The van der Waals surface area contributed by atoms with E-state index in [0.29, 0.717) is 5.75 Å². The largest absolute Gasteiger partial charge is 0.479 e. The van der Waals surface area contributed by atoms with Crippen molar-refractivity contribution >= 4 is 28.8 Å². The third kappa shape index (κ3) is 1.86. The van der Waals surface area contributed by atoms with Gasteiger partial charge in [0, 0.05) is 0 Å². The van der Waals surface area contributed by atoms with Crippen LogP contribution in [0.1, 0.15) is 6.92 Å². The van der Waals surface area contributed by atoms with Crippen molar-refractivity contribution in [1.29, 1.82) is 0 Å². The van der Waals surface area contributed by atoms with Crippen LogP contribution in [0.25, 0.3) is 0 Å². The molecule has 1 aliphatic heterocycles. The van der Waals surface area contributed by atoms with Gasteiger partial charge in [-0.15, -0.1) is 0 Å². The van der Waals surface area contributed by atoms with E-state index in [9.17, 15) is 4.79 Å². The third-order valence-corrected chi connectivity index (χ3v) is 2.52. The van der Waals surface area contributed by atoms with Crippen LogP contribution < -0.4 is 15.4 Å². The van der Waals surface area contributed by atoms with E-state index < -0.39 is 6.10 Å². The van der Waals surface area contributed by atoms with Gasteiger partial charge in [-0.2, -0.15) is 0 Å². The zero-order valence-corrected chi connectivity index (χ0v) is 9.66. The highest BCUT2D eigenvalue weighted by Gasteiger charge is 2.31. The quantitative estimate of drug-likeness (QED) is 0.781. The average Bonchev–Trinajstić information content (AvgIpc) is 2.24. The third-order valence-electron chi connectivity index (χ3n) is 2.39. The van der Waals surface area contributed by atoms with E-state index in [1.807, 2.05) is 24.3 Å². The Morgan fingerprint density at radius 2 is 2.25 bits per heavy atom. The molecule has 2 rings (SSSR count). The van der Waals surface area contributed by atoms with E-state index in [2.05, 4.69) is 0 Å². The fraction of sp³-hybridized carbons (Fsp3) is 0.273. The second kappa shape index (κ2) is 4.09. The molecule has 0 radical (unpaired) electrons. The first-order valence-corrected chi connectivity index (χ1v) is 5.36. The lowest BCUT2D eigenvalue weighted by Gasteiger charge is -2.32. The molecule has 1 amide bonds. The number of benzene rings is 1. The van der Waals surface area contributed by atoms with Gasteiger partial charge in [-0.1, -0.05) is 24.4 Å². The molecule has 84 valence electrons. The van der Waals surface area contributed by atoms with E-state index in [-0.39, 0.29) is 17.4 Å². The normalized spacial score (nSPS) is 18.9. The molecule has 1 atom stereocenters. The minimum Gasteiger partial charge on any atom is -0.479 e. The molecule has 1 heterocycles. The van der Waals surface area contributed by atoms with Crippen molar-refractivity contribution in [2.24, 2.45) is 5.73 Å². The number of nitrogens with two attached hydrogens (primary N) is 1. The van der Waals surface area contributed by atoms with Crippen LogP contribution in [0.3, 0.4) is 0 Å². The van der Waals surface area contributed by atoms with Gasteiger partial charge in [-0.05, 0) is 19.1 Å². The molecule has 16 heavy (non-hydrogen) atoms. The molecule has 0 spiro atoms. The van der Waals surface area contributed by atoms with Gasteiger partial charge in [-0.3, -0.25) is 9.69 Å². The number of nitrogens with zero attached hydrogens (tertiary/aromatic N) is 1. The predicted octanol–water partition coefficient (Wildman–Crippen LogP) is 1.09. The van der Waals surface area contributed by atoms with Gasteiger partial charge in [0.05, 0.1) is 17.2 Å². The zero-order valence-electron chi connectivity index (χ0n) is 8.84. The summed E-state index contributed by atoms with van der Waals surface area (Å²) in [7, 11) is 0. The summed E-state index contributed by atoms with van der Waals surface area (Å²) in [6.07, 6.45) is -0.496. The summed E-state index contributed by atoms with van der Waals surface area (Å²) >= 11 is 4.84. The lowest BCUT2D eigenvalue weighted by molar-refractivity contribution is -0.125. The van der Waals surface area contributed by atoms with Crippen molar-refractivity contribution in [1.82, 2.24) is 0 Å². The molecule has 0 saturated heterocycles. The number of anilines is 1. The molecular formula is C11H12N2O2S. The minimum absolute atomic E-state index is 0.119. The molecule has 0 aromatic heterocycles. The van der Waals surface area contributed by atoms with Crippen molar-refractivity contribution in [3.63, 3.8) is 0 Å². The lowest BCUT2D eigenvalue weighted by atomic mass is 10.2. The Hall–Kier alpha value is -1.62. The molecule has 0 fully saturated rings. The number of amides is 1. The van der Waals surface area contributed by atoms with Gasteiger partial charge >= 0.3 is 0 Å². The number of hydrogen-bond donors (Lipinski definition) is 1. The van der Waals surface area contributed by atoms with E-state index in [4.69, 9.17) is 22.7 Å². The Kier molecular flexibility index (Phi) is 2.78. The highest BCUT2D eigenvalue weighted by molar-refractivity contribution is 7.80. The Morgan fingerprint density at radius 1 is 1.56 bits per heavy atom. The summed E-state index contributed by atoms with van der Waals surface area (Å²) in [5.74, 6) is 0.567. The second-order valence-electron chi connectivity index (χ2n) is 3.62. The number of para-hydroxylation sites is 2. The van der Waals surface area contributed by atoms with Gasteiger partial charge in [-0.25, -0.2) is 0 Å². The number of carbonyl (C=O) groups is 1. The maximum atomic E-state index is 11.9. The summed E-state index contributed by atoms with van der Waals surface area (Å²) in [4.78, 5) is 13.8. The fourth-order valence-corrected chi connectivity index (χ4v) is 1.81. The van der Waals surface area contributed by atoms with Crippen molar-refractivity contribution in [2.75, 3.05) is 11.4 Å². The molecule has 1 aromatic carbocycles. The van der Waals surface area contributed by atoms with E-state index in [1.165, 1.54) is 0 Å². The summed E-state index contributed by atoms with van der Waals surface area (Å²) < 4.78 is 5.48. The number of hydrogen-bond acceptors (Lipinski definition) is 3. The van der Waals surface area contributed by atoms with Crippen LogP contribution in [0.4, 0.5) is 5.69 Å². The smallest absolute Gasteiger partial charge is 0.268 e. The summed E-state index contributed by atoms with van der Waals surface area (Å²) in [6, 6.07) is 7.35. The monoisotopic (exact) mass is 236 g/mol. The first-order chi connectivity index (χ1) is 7.59. The van der Waals surface area contributed by atoms with E-state index in [0.717, 1.165) is 5.69 Å². The highest BCUT2D eigenvalue weighted by Crippen LogP contribution is 2.33. The van der Waals surface area contributed by atoms with E-state index >= 15 is 0 Å². The van der Waals surface area contributed by atoms with Gasteiger partial charge < -0.3 is 10.5 Å². The van der Waals surface area contributed by atoms with Crippen LogP contribution in [-0.2, 0) is 4.79 Å². The molecule has 1 unspecified atom stereocenters. The van der Waals surface area contributed by atoms with Gasteiger partial charge in [0.15, 0.2) is 6.10 Å². The SMILES string of the molecule is CC1Oc2ccccc2N(CC(N)=S)C1=O. The molecular weight excluding hydrogens is 224 g/mol. The first-order valence-electron chi connectivity index (χ1n) is 4.95. The molecule has 1 aliphatic rings. The van der Waals surface area contributed by atoms with Crippen LogP contribution in [-0.4, -0.2) is 23.5 Å². The highest BCUT2D eigenvalue weighted by atomic mass is 32.1. The molecule has 1 aromatic rings. The van der Waals surface area contributed by atoms with Crippen LogP contribution >= 0.6 is 12.2 Å². The maximum absolute atomic E-state index is 11.9. The summed E-state index contributed by atoms with van der Waals surface area (Å²) in [6.45, 7) is 1.96. The molecule has 0 bridgehead atoms. The second-order valence-corrected chi connectivity index (χ2v) is 4.14. The Morgan fingerprint density at radius 3 is 2.94 bits per heavy atom. The number of ether oxygens (including phenoxy) is 1. The fourth-order valence-electron chi connectivity index (χ4n) is 1.68. The predicted molar refractivity (Wildman–Crippen MR) is 65.7 cm³/mol. The number of rotatable bonds is 2. The molecule has 4 nitrogen and oxygen atoms in total. The topological polar surface area (TPSA) is 55.6 Å².